The van der Waals surface area contributed by atoms with E-state index >= 15 is 0 Å². The fraction of sp³-hybridized carbons (Fsp3) is 0.158. The van der Waals surface area contributed by atoms with Gasteiger partial charge in [-0.3, -0.25) is 0 Å². The van der Waals surface area contributed by atoms with Crippen LogP contribution in [0.1, 0.15) is 5.56 Å². The van der Waals surface area contributed by atoms with E-state index < -0.39 is 22.9 Å². The van der Waals surface area contributed by atoms with Gasteiger partial charge in [0.2, 0.25) is 10.0 Å². The number of sulfonamides is 1. The fourth-order valence-electron chi connectivity index (χ4n) is 2.91. The molecule has 1 aromatic heterocycles. The number of benzene rings is 2. The molecule has 158 valence electrons. The standard InChI is InChI=1S/C19H20ClN5O4S/c20-16-9-23-18(24-19(21)22)15-8-13(6-7-14(15)16)30(28,29)25(11-17(26)27)10-12-4-2-1-3-5-12/h1-9,17,26-27H,10-11H2,(H4,21,22,23,24). The van der Waals surface area contributed by atoms with Crippen molar-refractivity contribution >= 4 is 44.2 Å². The summed E-state index contributed by atoms with van der Waals surface area (Å²) in [7, 11) is -4.11. The van der Waals surface area contributed by atoms with Crippen LogP contribution in [0, 0.1) is 0 Å². The van der Waals surface area contributed by atoms with Crippen molar-refractivity contribution in [1.29, 1.82) is 0 Å². The highest BCUT2D eigenvalue weighted by Crippen LogP contribution is 2.32. The van der Waals surface area contributed by atoms with E-state index in [4.69, 9.17) is 23.1 Å². The number of aliphatic hydroxyl groups excluding tert-OH is 1. The SMILES string of the molecule is NC(N)=Nc1ncc(Cl)c2ccc(S(=O)(=O)N(Cc3ccccc3)CC(O)O)cc12. The number of halogens is 1. The zero-order valence-electron chi connectivity index (χ0n) is 15.7. The molecule has 30 heavy (non-hydrogen) atoms. The summed E-state index contributed by atoms with van der Waals surface area (Å²) in [6.07, 6.45) is -0.485. The summed E-state index contributed by atoms with van der Waals surface area (Å²) < 4.78 is 27.6. The van der Waals surface area contributed by atoms with Gasteiger partial charge in [-0.15, -0.1) is 0 Å². The number of aromatic nitrogens is 1. The Balaban J connectivity index is 2.11. The summed E-state index contributed by atoms with van der Waals surface area (Å²) >= 11 is 6.17. The number of aliphatic imine (C=N–C) groups is 1. The molecule has 0 spiro atoms. The predicted octanol–water partition coefficient (Wildman–Crippen LogP) is 1.29. The normalized spacial score (nSPS) is 11.9. The summed E-state index contributed by atoms with van der Waals surface area (Å²) in [4.78, 5) is 7.90. The number of hydrogen-bond donors (Lipinski definition) is 4. The van der Waals surface area contributed by atoms with Gasteiger partial charge in [-0.25, -0.2) is 13.4 Å². The van der Waals surface area contributed by atoms with Crippen LogP contribution < -0.4 is 11.5 Å². The van der Waals surface area contributed by atoms with E-state index in [1.807, 2.05) is 0 Å². The van der Waals surface area contributed by atoms with Crippen LogP contribution in [0.15, 0.2) is 64.6 Å². The van der Waals surface area contributed by atoms with Gasteiger partial charge in [0.05, 0.1) is 16.5 Å². The quantitative estimate of drug-likeness (QED) is 0.240. The first-order valence-electron chi connectivity index (χ1n) is 8.76. The molecule has 0 radical (unpaired) electrons. The Hall–Kier alpha value is -2.76. The molecular weight excluding hydrogens is 430 g/mol. The van der Waals surface area contributed by atoms with Crippen molar-refractivity contribution in [2.75, 3.05) is 6.54 Å². The minimum atomic E-state index is -4.11. The third kappa shape index (κ3) is 4.86. The maximum atomic E-state index is 13.3. The Bertz CT molecular complexity index is 1180. The Morgan fingerprint density at radius 3 is 2.47 bits per heavy atom. The molecule has 0 saturated carbocycles. The van der Waals surface area contributed by atoms with Gasteiger partial charge >= 0.3 is 0 Å². The molecule has 0 amide bonds. The molecule has 11 heteroatoms. The van der Waals surface area contributed by atoms with Crippen LogP contribution in [0.5, 0.6) is 0 Å². The number of nitrogens with zero attached hydrogens (tertiary/aromatic N) is 3. The minimum absolute atomic E-state index is 0.0482. The first-order valence-corrected chi connectivity index (χ1v) is 10.6. The van der Waals surface area contributed by atoms with E-state index in [0.29, 0.717) is 21.4 Å². The largest absolute Gasteiger partial charge is 0.370 e. The second kappa shape index (κ2) is 8.94. The molecule has 0 saturated heterocycles. The molecule has 2 aromatic carbocycles. The molecule has 6 N–H and O–H groups in total. The van der Waals surface area contributed by atoms with E-state index in [2.05, 4.69) is 9.98 Å². The minimum Gasteiger partial charge on any atom is -0.370 e. The molecule has 0 fully saturated rings. The lowest BCUT2D eigenvalue weighted by molar-refractivity contribution is -0.0501. The maximum Gasteiger partial charge on any atom is 0.243 e. The summed E-state index contributed by atoms with van der Waals surface area (Å²) in [6, 6.07) is 13.1. The first kappa shape index (κ1) is 21.9. The summed E-state index contributed by atoms with van der Waals surface area (Å²) in [6.45, 7) is -0.558. The van der Waals surface area contributed by atoms with Gasteiger partial charge in [-0.05, 0) is 17.7 Å². The third-order valence-corrected chi connectivity index (χ3v) is 6.34. The van der Waals surface area contributed by atoms with Gasteiger partial charge in [0.25, 0.3) is 0 Å². The van der Waals surface area contributed by atoms with Crippen LogP contribution in [0.25, 0.3) is 10.8 Å². The van der Waals surface area contributed by atoms with Crippen molar-refractivity contribution in [3.63, 3.8) is 0 Å². The van der Waals surface area contributed by atoms with Crippen LogP contribution in [-0.2, 0) is 16.6 Å². The molecule has 3 aromatic rings. The molecule has 0 aliphatic carbocycles. The van der Waals surface area contributed by atoms with Gasteiger partial charge in [-0.1, -0.05) is 48.0 Å². The highest BCUT2D eigenvalue weighted by atomic mass is 35.5. The van der Waals surface area contributed by atoms with Crippen LogP contribution in [0.3, 0.4) is 0 Å². The number of fused-ring (bicyclic) bond motifs is 1. The Labute approximate surface area is 178 Å². The molecule has 9 nitrogen and oxygen atoms in total. The van der Waals surface area contributed by atoms with E-state index in [-0.39, 0.29) is 23.2 Å². The van der Waals surface area contributed by atoms with E-state index in [9.17, 15) is 18.6 Å². The van der Waals surface area contributed by atoms with Crippen molar-refractivity contribution in [3.8, 4) is 0 Å². The van der Waals surface area contributed by atoms with Gasteiger partial charge in [0.15, 0.2) is 18.1 Å². The number of aliphatic hydroxyl groups is 2. The van der Waals surface area contributed by atoms with Crippen molar-refractivity contribution in [3.05, 3.63) is 65.3 Å². The van der Waals surface area contributed by atoms with Crippen molar-refractivity contribution in [2.24, 2.45) is 16.5 Å². The molecule has 0 atom stereocenters. The second-order valence-corrected chi connectivity index (χ2v) is 8.78. The zero-order chi connectivity index (χ0) is 21.9. The average Bonchev–Trinajstić information content (AvgIpc) is 2.69. The molecule has 1 heterocycles. The van der Waals surface area contributed by atoms with Gasteiger partial charge in [-0.2, -0.15) is 9.30 Å². The lowest BCUT2D eigenvalue weighted by atomic mass is 10.1. The van der Waals surface area contributed by atoms with Gasteiger partial charge < -0.3 is 21.7 Å². The van der Waals surface area contributed by atoms with E-state index in [1.165, 1.54) is 24.4 Å². The maximum absolute atomic E-state index is 13.3. The number of nitrogens with two attached hydrogens (primary N) is 2. The predicted molar refractivity (Wildman–Crippen MR) is 114 cm³/mol. The lowest BCUT2D eigenvalue weighted by Gasteiger charge is -2.23. The number of hydrogen-bond acceptors (Lipinski definition) is 6. The number of rotatable bonds is 7. The number of guanidine groups is 1. The van der Waals surface area contributed by atoms with Crippen molar-refractivity contribution < 1.29 is 18.6 Å². The first-order chi connectivity index (χ1) is 14.2. The smallest absolute Gasteiger partial charge is 0.243 e. The molecule has 3 rings (SSSR count). The molecule has 0 unspecified atom stereocenters. The lowest BCUT2D eigenvalue weighted by Crippen LogP contribution is -2.37. The Morgan fingerprint density at radius 2 is 1.83 bits per heavy atom. The Kier molecular flexibility index (Phi) is 6.54. The monoisotopic (exact) mass is 449 g/mol. The Morgan fingerprint density at radius 1 is 1.13 bits per heavy atom. The van der Waals surface area contributed by atoms with Crippen molar-refractivity contribution in [2.45, 2.75) is 17.7 Å². The van der Waals surface area contributed by atoms with Crippen LogP contribution >= 0.6 is 11.6 Å². The van der Waals surface area contributed by atoms with Gasteiger partial charge in [0, 0.05) is 23.5 Å². The molecule has 0 bridgehead atoms. The molecule has 0 aliphatic heterocycles. The zero-order valence-corrected chi connectivity index (χ0v) is 17.3. The van der Waals surface area contributed by atoms with Crippen molar-refractivity contribution in [1.82, 2.24) is 9.29 Å². The number of pyridine rings is 1. The summed E-state index contributed by atoms with van der Waals surface area (Å²) in [5, 5.41) is 20.0. The van der Waals surface area contributed by atoms with E-state index in [1.54, 1.807) is 30.3 Å². The summed E-state index contributed by atoms with van der Waals surface area (Å²) in [5.41, 5.74) is 11.6. The average molecular weight is 450 g/mol. The molecule has 0 aliphatic rings. The van der Waals surface area contributed by atoms with Gasteiger partial charge in [0.1, 0.15) is 0 Å². The highest BCUT2D eigenvalue weighted by Gasteiger charge is 2.27. The highest BCUT2D eigenvalue weighted by molar-refractivity contribution is 7.89. The molecular formula is C19H20ClN5O4S. The fourth-order valence-corrected chi connectivity index (χ4v) is 4.58. The summed E-state index contributed by atoms with van der Waals surface area (Å²) in [5.74, 6) is -0.128. The third-order valence-electron chi connectivity index (χ3n) is 4.23. The topological polar surface area (TPSA) is 155 Å². The second-order valence-electron chi connectivity index (χ2n) is 6.44. The van der Waals surface area contributed by atoms with E-state index in [0.717, 1.165) is 4.31 Å². The van der Waals surface area contributed by atoms with Crippen LogP contribution in [0.2, 0.25) is 5.02 Å². The van der Waals surface area contributed by atoms with Crippen LogP contribution in [-0.4, -0.2) is 46.7 Å². The van der Waals surface area contributed by atoms with Crippen LogP contribution in [0.4, 0.5) is 5.82 Å².